The van der Waals surface area contributed by atoms with Crippen LogP contribution in [0.5, 0.6) is 0 Å². The molecule has 0 N–H and O–H groups in total. The normalized spacial score (nSPS) is 43.6. The molecular formula is C11H16O3. The van der Waals surface area contributed by atoms with E-state index in [1.54, 1.807) is 6.92 Å². The van der Waals surface area contributed by atoms with Crippen molar-refractivity contribution in [2.45, 2.75) is 32.0 Å². The maximum Gasteiger partial charge on any atom is 0.172 e. The fourth-order valence-electron chi connectivity index (χ4n) is 3.60. The van der Waals surface area contributed by atoms with Gasteiger partial charge in [-0.1, -0.05) is 0 Å². The zero-order chi connectivity index (χ0) is 9.76. The molecule has 3 nitrogen and oxygen atoms in total. The molecule has 0 radical (unpaired) electrons. The summed E-state index contributed by atoms with van der Waals surface area (Å²) in [6, 6.07) is 0. The Bertz CT molecular complexity index is 268. The molecule has 0 amide bonds. The van der Waals surface area contributed by atoms with Gasteiger partial charge in [0.1, 0.15) is 5.78 Å². The lowest BCUT2D eigenvalue weighted by molar-refractivity contribution is -0.202. The Balaban J connectivity index is 1.87. The molecule has 3 heteroatoms. The second-order valence-corrected chi connectivity index (χ2v) is 4.87. The minimum absolute atomic E-state index is 0.201. The van der Waals surface area contributed by atoms with Gasteiger partial charge < -0.3 is 9.47 Å². The molecular weight excluding hydrogens is 180 g/mol. The highest BCUT2D eigenvalue weighted by Gasteiger charge is 2.60. The Kier molecular flexibility index (Phi) is 1.77. The summed E-state index contributed by atoms with van der Waals surface area (Å²) in [5.74, 6) is 1.15. The molecule has 3 atom stereocenters. The number of rotatable bonds is 1. The van der Waals surface area contributed by atoms with Gasteiger partial charge in [0.2, 0.25) is 0 Å². The van der Waals surface area contributed by atoms with E-state index in [-0.39, 0.29) is 11.7 Å². The van der Waals surface area contributed by atoms with Crippen molar-refractivity contribution in [3.63, 3.8) is 0 Å². The lowest BCUT2D eigenvalue weighted by Gasteiger charge is -2.35. The first-order valence-electron chi connectivity index (χ1n) is 5.50. The number of carbonyl (C=O) groups excluding carboxylic acids is 1. The summed E-state index contributed by atoms with van der Waals surface area (Å²) in [6.45, 7) is 3.11. The number of Topliss-reactive ketones (excluding diaryl/α,β-unsaturated/α-hetero) is 1. The maximum atomic E-state index is 11.5. The van der Waals surface area contributed by atoms with Gasteiger partial charge >= 0.3 is 0 Å². The highest BCUT2D eigenvalue weighted by atomic mass is 16.7. The van der Waals surface area contributed by atoms with Crippen molar-refractivity contribution in [3.05, 3.63) is 0 Å². The first kappa shape index (κ1) is 8.86. The van der Waals surface area contributed by atoms with Crippen molar-refractivity contribution in [2.75, 3.05) is 13.2 Å². The van der Waals surface area contributed by atoms with Crippen molar-refractivity contribution >= 4 is 5.78 Å². The van der Waals surface area contributed by atoms with Crippen molar-refractivity contribution in [1.29, 1.82) is 0 Å². The van der Waals surface area contributed by atoms with E-state index in [4.69, 9.17) is 9.47 Å². The summed E-state index contributed by atoms with van der Waals surface area (Å²) >= 11 is 0. The van der Waals surface area contributed by atoms with Gasteiger partial charge in [-0.05, 0) is 25.7 Å². The molecule has 3 rings (SSSR count). The van der Waals surface area contributed by atoms with Crippen molar-refractivity contribution in [2.24, 2.45) is 17.8 Å². The molecule has 2 bridgehead atoms. The van der Waals surface area contributed by atoms with Crippen LogP contribution < -0.4 is 0 Å². The van der Waals surface area contributed by atoms with Crippen LogP contribution in [0.4, 0.5) is 0 Å². The fourth-order valence-corrected chi connectivity index (χ4v) is 3.60. The van der Waals surface area contributed by atoms with Crippen LogP contribution in [-0.4, -0.2) is 24.8 Å². The first-order chi connectivity index (χ1) is 6.71. The van der Waals surface area contributed by atoms with Crippen LogP contribution in [0, 0.1) is 17.8 Å². The second-order valence-electron chi connectivity index (χ2n) is 4.87. The molecule has 1 heterocycles. The first-order valence-corrected chi connectivity index (χ1v) is 5.50. The Morgan fingerprint density at radius 2 is 2.00 bits per heavy atom. The van der Waals surface area contributed by atoms with E-state index < -0.39 is 0 Å². The SMILES string of the molecule is CC(=O)C1CC2CC1C1(C2)OCCO1. The monoisotopic (exact) mass is 196 g/mol. The molecule has 3 aliphatic rings. The van der Waals surface area contributed by atoms with E-state index in [0.29, 0.717) is 30.8 Å². The van der Waals surface area contributed by atoms with Gasteiger partial charge in [0.15, 0.2) is 5.79 Å². The number of ketones is 1. The molecule has 14 heavy (non-hydrogen) atoms. The largest absolute Gasteiger partial charge is 0.347 e. The Hall–Kier alpha value is -0.410. The van der Waals surface area contributed by atoms with Crippen LogP contribution in [0.2, 0.25) is 0 Å². The highest BCUT2D eigenvalue weighted by Crippen LogP contribution is 2.57. The van der Waals surface area contributed by atoms with Crippen LogP contribution >= 0.6 is 0 Å². The van der Waals surface area contributed by atoms with Gasteiger partial charge in [0.25, 0.3) is 0 Å². The second kappa shape index (κ2) is 2.80. The molecule has 1 aliphatic heterocycles. The van der Waals surface area contributed by atoms with E-state index in [2.05, 4.69) is 0 Å². The minimum Gasteiger partial charge on any atom is -0.347 e. The molecule has 3 unspecified atom stereocenters. The summed E-state index contributed by atoms with van der Waals surface area (Å²) in [5, 5.41) is 0. The lowest BCUT2D eigenvalue weighted by atomic mass is 9.82. The van der Waals surface area contributed by atoms with Crippen LogP contribution in [0.3, 0.4) is 0 Å². The topological polar surface area (TPSA) is 35.5 Å². The summed E-state index contributed by atoms with van der Waals surface area (Å²) in [7, 11) is 0. The predicted molar refractivity (Wildman–Crippen MR) is 49.6 cm³/mol. The molecule has 1 spiro atoms. The van der Waals surface area contributed by atoms with Crippen molar-refractivity contribution in [1.82, 2.24) is 0 Å². The Labute approximate surface area is 83.8 Å². The molecule has 0 aromatic rings. The van der Waals surface area contributed by atoms with E-state index in [1.165, 1.54) is 0 Å². The van der Waals surface area contributed by atoms with Crippen LogP contribution in [-0.2, 0) is 14.3 Å². The van der Waals surface area contributed by atoms with E-state index in [1.807, 2.05) is 0 Å². The predicted octanol–water partition coefficient (Wildman–Crippen LogP) is 1.36. The molecule has 0 aromatic heterocycles. The minimum atomic E-state index is -0.362. The van der Waals surface area contributed by atoms with Gasteiger partial charge in [-0.2, -0.15) is 0 Å². The van der Waals surface area contributed by atoms with E-state index in [9.17, 15) is 4.79 Å². The third kappa shape index (κ3) is 1.03. The van der Waals surface area contributed by atoms with Gasteiger partial charge in [-0.25, -0.2) is 0 Å². The summed E-state index contributed by atoms with van der Waals surface area (Å²) < 4.78 is 11.5. The lowest BCUT2D eigenvalue weighted by Crippen LogP contribution is -2.42. The highest BCUT2D eigenvalue weighted by molar-refractivity contribution is 5.79. The third-order valence-electron chi connectivity index (χ3n) is 4.10. The molecule has 2 aliphatic carbocycles. The zero-order valence-corrected chi connectivity index (χ0v) is 8.49. The van der Waals surface area contributed by atoms with Gasteiger partial charge in [0.05, 0.1) is 13.2 Å². The Morgan fingerprint density at radius 3 is 2.57 bits per heavy atom. The number of hydrogen-bond acceptors (Lipinski definition) is 3. The van der Waals surface area contributed by atoms with Gasteiger partial charge in [0, 0.05) is 18.3 Å². The van der Waals surface area contributed by atoms with Crippen LogP contribution in [0.25, 0.3) is 0 Å². The maximum absolute atomic E-state index is 11.5. The zero-order valence-electron chi connectivity index (χ0n) is 8.49. The molecule has 2 saturated carbocycles. The summed E-state index contributed by atoms with van der Waals surface area (Å²) in [4.78, 5) is 11.5. The summed E-state index contributed by atoms with van der Waals surface area (Å²) in [5.41, 5.74) is 0. The molecule has 3 fully saturated rings. The molecule has 78 valence electrons. The number of fused-ring (bicyclic) bond motifs is 3. The quantitative estimate of drug-likeness (QED) is 0.635. The van der Waals surface area contributed by atoms with Crippen molar-refractivity contribution < 1.29 is 14.3 Å². The molecule has 0 aromatic carbocycles. The number of ether oxygens (including phenoxy) is 2. The smallest absolute Gasteiger partial charge is 0.172 e. The van der Waals surface area contributed by atoms with Crippen molar-refractivity contribution in [3.8, 4) is 0 Å². The Morgan fingerprint density at radius 1 is 1.29 bits per heavy atom. The number of hydrogen-bond donors (Lipinski definition) is 0. The van der Waals surface area contributed by atoms with Crippen LogP contribution in [0.15, 0.2) is 0 Å². The van der Waals surface area contributed by atoms with E-state index in [0.717, 1.165) is 19.3 Å². The summed E-state index contributed by atoms with van der Waals surface area (Å²) in [6.07, 6.45) is 3.21. The average molecular weight is 196 g/mol. The fraction of sp³-hybridized carbons (Fsp3) is 0.909. The third-order valence-corrected chi connectivity index (χ3v) is 4.10. The van der Waals surface area contributed by atoms with Gasteiger partial charge in [-0.3, -0.25) is 4.79 Å². The average Bonchev–Trinajstić information content (AvgIpc) is 2.79. The van der Waals surface area contributed by atoms with Gasteiger partial charge in [-0.15, -0.1) is 0 Å². The van der Waals surface area contributed by atoms with Crippen LogP contribution in [0.1, 0.15) is 26.2 Å². The van der Waals surface area contributed by atoms with E-state index >= 15 is 0 Å². The standard InChI is InChI=1S/C11H16O3/c1-7(12)9-4-8-5-10(9)11(6-8)13-2-3-14-11/h8-10H,2-6H2,1H3. The molecule has 1 saturated heterocycles. The number of carbonyl (C=O) groups is 1.